The molecule has 2 aromatic rings. The van der Waals surface area contributed by atoms with Gasteiger partial charge in [0.15, 0.2) is 36.5 Å². The third-order valence-corrected chi connectivity index (χ3v) is 9.82. The summed E-state index contributed by atoms with van der Waals surface area (Å²) < 4.78 is 40.1. The number of benzene rings is 2. The lowest BCUT2D eigenvalue weighted by molar-refractivity contribution is -0.363. The number of hydrogen-bond donors (Lipinski definition) is 13. The van der Waals surface area contributed by atoms with Crippen LogP contribution in [0, 0.1) is 0 Å². The van der Waals surface area contributed by atoms with Crippen LogP contribution in [0.3, 0.4) is 0 Å². The standard InChI is InChI=1S/C33H44O20/c1-10-21(39)23(41)26(44)32(48-10)53-30-19(8-34)51-31(28(46)25(30)43)47-9-20-22(40)24(42)27(45)33(52-20)50-18-7-13-15(37)5-12(35)6-17(13)49-29(18)11-2-3-14(36)16(38)4-11/h2-6,10,18-46H,7-9H2,1H3/t10-,18+,19-,20-,21-,22-,23+,24+,25-,26-,27-,28-,29-,30-,31-,32+,33-/m1/s1. The minimum Gasteiger partial charge on any atom is -0.508 e. The lowest BCUT2D eigenvalue weighted by Crippen LogP contribution is -2.64. The molecule has 4 aliphatic rings. The quantitative estimate of drug-likeness (QED) is 0.108. The molecule has 0 radical (unpaired) electrons. The van der Waals surface area contributed by atoms with Gasteiger partial charge in [-0.3, -0.25) is 0 Å². The van der Waals surface area contributed by atoms with Gasteiger partial charge in [0, 0.05) is 24.1 Å². The molecule has 0 unspecified atom stereocenters. The molecule has 4 aliphatic heterocycles. The van der Waals surface area contributed by atoms with Crippen LogP contribution in [0.1, 0.15) is 24.2 Å². The highest BCUT2D eigenvalue weighted by atomic mass is 16.8. The zero-order valence-corrected chi connectivity index (χ0v) is 28.0. The summed E-state index contributed by atoms with van der Waals surface area (Å²) >= 11 is 0. The number of rotatable bonds is 9. The molecule has 2 aromatic carbocycles. The fraction of sp³-hybridized carbons (Fsp3) is 0.636. The molecule has 6 rings (SSSR count). The highest BCUT2D eigenvalue weighted by Gasteiger charge is 2.52. The molecular formula is C33H44O20. The molecule has 0 bridgehead atoms. The molecule has 53 heavy (non-hydrogen) atoms. The first kappa shape index (κ1) is 39.5. The number of aliphatic hydroxyl groups is 9. The van der Waals surface area contributed by atoms with E-state index in [4.69, 9.17) is 33.2 Å². The first-order valence-electron chi connectivity index (χ1n) is 16.8. The van der Waals surface area contributed by atoms with Gasteiger partial charge in [0.05, 0.1) is 19.3 Å². The van der Waals surface area contributed by atoms with E-state index in [9.17, 15) is 66.4 Å². The molecule has 4 heterocycles. The number of fused-ring (bicyclic) bond motifs is 1. The Balaban J connectivity index is 1.15. The van der Waals surface area contributed by atoms with E-state index in [2.05, 4.69) is 0 Å². The maximum absolute atomic E-state index is 10.9. The van der Waals surface area contributed by atoms with E-state index >= 15 is 0 Å². The van der Waals surface area contributed by atoms with E-state index in [0.717, 1.165) is 6.07 Å². The average molecular weight is 761 g/mol. The Morgan fingerprint density at radius 1 is 0.642 bits per heavy atom. The third kappa shape index (κ3) is 7.85. The Kier molecular flexibility index (Phi) is 11.9. The zero-order valence-electron chi connectivity index (χ0n) is 28.0. The molecule has 3 fully saturated rings. The lowest BCUT2D eigenvalue weighted by atomic mass is 9.93. The van der Waals surface area contributed by atoms with E-state index in [1.54, 1.807) is 0 Å². The second-order valence-corrected chi connectivity index (χ2v) is 13.4. The van der Waals surface area contributed by atoms with Crippen molar-refractivity contribution in [1.82, 2.24) is 0 Å². The van der Waals surface area contributed by atoms with Gasteiger partial charge >= 0.3 is 0 Å². The van der Waals surface area contributed by atoms with Crippen molar-refractivity contribution in [1.29, 1.82) is 0 Å². The van der Waals surface area contributed by atoms with Crippen molar-refractivity contribution in [3.63, 3.8) is 0 Å². The van der Waals surface area contributed by atoms with Crippen LogP contribution in [0.2, 0.25) is 0 Å². The van der Waals surface area contributed by atoms with Crippen LogP contribution in [0.25, 0.3) is 0 Å². The smallest absolute Gasteiger partial charge is 0.187 e. The first-order valence-corrected chi connectivity index (χ1v) is 16.8. The Bertz CT molecular complexity index is 1560. The fourth-order valence-electron chi connectivity index (χ4n) is 6.74. The molecule has 0 saturated carbocycles. The molecule has 13 N–H and O–H groups in total. The number of ether oxygens (including phenoxy) is 7. The van der Waals surface area contributed by atoms with Crippen molar-refractivity contribution >= 4 is 0 Å². The van der Waals surface area contributed by atoms with Gasteiger partial charge in [-0.05, 0) is 24.6 Å². The average Bonchev–Trinajstić information content (AvgIpc) is 3.12. The summed E-state index contributed by atoms with van der Waals surface area (Å²) in [6.07, 6.45) is -26.9. The Morgan fingerprint density at radius 2 is 1.28 bits per heavy atom. The van der Waals surface area contributed by atoms with E-state index in [1.807, 2.05) is 0 Å². The van der Waals surface area contributed by atoms with E-state index < -0.39 is 129 Å². The highest BCUT2D eigenvalue weighted by molar-refractivity contribution is 5.52. The van der Waals surface area contributed by atoms with Gasteiger partial charge in [-0.1, -0.05) is 6.07 Å². The Labute approximate surface area is 300 Å². The van der Waals surface area contributed by atoms with Crippen LogP contribution < -0.4 is 4.74 Å². The molecule has 0 aliphatic carbocycles. The van der Waals surface area contributed by atoms with Gasteiger partial charge < -0.3 is 99.5 Å². The van der Waals surface area contributed by atoms with Gasteiger partial charge in [0.1, 0.15) is 90.5 Å². The molecular weight excluding hydrogens is 716 g/mol. The van der Waals surface area contributed by atoms with Crippen molar-refractivity contribution in [3.05, 3.63) is 41.5 Å². The van der Waals surface area contributed by atoms with Gasteiger partial charge in [0.2, 0.25) is 0 Å². The van der Waals surface area contributed by atoms with E-state index in [-0.39, 0.29) is 34.8 Å². The van der Waals surface area contributed by atoms with Crippen LogP contribution in [-0.2, 0) is 34.8 Å². The SMILES string of the molecule is C[C@H]1O[C@@H](O[C@H]2[C@H](O)[C@@H](O)[C@H](OC[C@H]3O[C@@H](O[C@H]4Cc5c(O)cc(O)cc5O[C@@H]4c4ccc(O)c(O)c4)[C@H](O)[C@@H](O)[C@@H]3O)O[C@@H]2CO)[C@H](O)[C@@H](O)[C@@H]1O. The van der Waals surface area contributed by atoms with Crippen LogP contribution in [0.15, 0.2) is 30.3 Å². The predicted molar refractivity (Wildman–Crippen MR) is 169 cm³/mol. The van der Waals surface area contributed by atoms with Crippen LogP contribution in [0.4, 0.5) is 0 Å². The maximum atomic E-state index is 10.9. The van der Waals surface area contributed by atoms with Crippen molar-refractivity contribution in [2.75, 3.05) is 13.2 Å². The Morgan fingerprint density at radius 3 is 1.96 bits per heavy atom. The number of phenols is 4. The summed E-state index contributed by atoms with van der Waals surface area (Å²) in [6.45, 7) is -0.0598. The fourth-order valence-corrected chi connectivity index (χ4v) is 6.74. The summed E-state index contributed by atoms with van der Waals surface area (Å²) in [4.78, 5) is 0. The van der Waals surface area contributed by atoms with Crippen molar-refractivity contribution in [2.45, 2.75) is 118 Å². The molecule has 296 valence electrons. The highest BCUT2D eigenvalue weighted by Crippen LogP contribution is 2.44. The largest absolute Gasteiger partial charge is 0.508 e. The maximum Gasteiger partial charge on any atom is 0.187 e. The van der Waals surface area contributed by atoms with Gasteiger partial charge in [-0.2, -0.15) is 0 Å². The number of aliphatic hydroxyl groups excluding tert-OH is 9. The third-order valence-electron chi connectivity index (χ3n) is 9.82. The molecule has 3 saturated heterocycles. The molecule has 0 amide bonds. The lowest BCUT2D eigenvalue weighted by Gasteiger charge is -2.46. The summed E-state index contributed by atoms with van der Waals surface area (Å²) in [6, 6.07) is 6.11. The normalized spacial score (nSPS) is 41.7. The van der Waals surface area contributed by atoms with Crippen LogP contribution in [0.5, 0.6) is 28.7 Å². The molecule has 20 nitrogen and oxygen atoms in total. The monoisotopic (exact) mass is 760 g/mol. The van der Waals surface area contributed by atoms with Gasteiger partial charge in [-0.25, -0.2) is 0 Å². The van der Waals surface area contributed by atoms with Gasteiger partial charge in [-0.15, -0.1) is 0 Å². The van der Waals surface area contributed by atoms with Crippen molar-refractivity contribution < 1.29 is 99.5 Å². The Hall–Kier alpha value is -3.16. The minimum absolute atomic E-state index is 0.0715. The molecule has 0 spiro atoms. The number of aromatic hydroxyl groups is 4. The number of phenolic OH excluding ortho intramolecular Hbond substituents is 4. The van der Waals surface area contributed by atoms with Crippen molar-refractivity contribution in [2.24, 2.45) is 0 Å². The van der Waals surface area contributed by atoms with Crippen LogP contribution in [-0.4, -0.2) is 178 Å². The second kappa shape index (κ2) is 15.9. The predicted octanol–water partition coefficient (Wildman–Crippen LogP) is -3.95. The number of hydrogen-bond acceptors (Lipinski definition) is 20. The summed E-state index contributed by atoms with van der Waals surface area (Å²) in [5.41, 5.74) is 0.466. The zero-order chi connectivity index (χ0) is 38.5. The van der Waals surface area contributed by atoms with E-state index in [1.165, 1.54) is 31.2 Å². The summed E-state index contributed by atoms with van der Waals surface area (Å²) in [5, 5.41) is 135. The van der Waals surface area contributed by atoms with E-state index in [0.29, 0.717) is 0 Å². The summed E-state index contributed by atoms with van der Waals surface area (Å²) in [7, 11) is 0. The minimum atomic E-state index is -1.88. The summed E-state index contributed by atoms with van der Waals surface area (Å²) in [5.74, 6) is -1.50. The van der Waals surface area contributed by atoms with Crippen LogP contribution >= 0.6 is 0 Å². The van der Waals surface area contributed by atoms with Gasteiger partial charge in [0.25, 0.3) is 0 Å². The van der Waals surface area contributed by atoms with Crippen molar-refractivity contribution in [3.8, 4) is 28.7 Å². The topological polar surface area (TPSA) is 328 Å². The molecule has 0 aromatic heterocycles. The first-order chi connectivity index (χ1) is 25.1. The molecule has 17 atom stereocenters. The molecule has 20 heteroatoms. The second-order valence-electron chi connectivity index (χ2n) is 13.4.